The Balaban J connectivity index is 1.37. The normalized spacial score (nSPS) is 14.6. The number of nitrogens with zero attached hydrogens (tertiary/aromatic N) is 6. The lowest BCUT2D eigenvalue weighted by Crippen LogP contribution is -2.44. The SMILES string of the molecule is COC(=O)Nc1ccc(NC(=O)C2c3[nH]cnc3CCN2C(=O)C=Cc2cc(Cl)ccc2-n2cnnn2)cc1. The molecule has 1 aliphatic rings. The van der Waals surface area contributed by atoms with E-state index < -0.39 is 18.0 Å². The number of H-pyrrole nitrogens is 1. The Labute approximate surface area is 226 Å². The largest absolute Gasteiger partial charge is 0.453 e. The summed E-state index contributed by atoms with van der Waals surface area (Å²) >= 11 is 6.19. The minimum atomic E-state index is -0.945. The second-order valence-corrected chi connectivity index (χ2v) is 8.86. The lowest BCUT2D eigenvalue weighted by molar-refractivity contribution is -0.135. The quantitative estimate of drug-likeness (QED) is 0.310. The molecule has 0 radical (unpaired) electrons. The van der Waals surface area contributed by atoms with Gasteiger partial charge >= 0.3 is 6.09 Å². The molecular formula is C25H22ClN9O4. The van der Waals surface area contributed by atoms with Crippen LogP contribution in [0.15, 0.2) is 61.2 Å². The smallest absolute Gasteiger partial charge is 0.411 e. The monoisotopic (exact) mass is 547 g/mol. The number of aromatic amines is 1. The molecule has 0 fully saturated rings. The Morgan fingerprint density at radius 3 is 2.62 bits per heavy atom. The molecule has 3 heterocycles. The van der Waals surface area contributed by atoms with Crippen LogP contribution in [0.5, 0.6) is 0 Å². The van der Waals surface area contributed by atoms with Gasteiger partial charge in [-0.25, -0.2) is 9.78 Å². The second-order valence-electron chi connectivity index (χ2n) is 8.42. The van der Waals surface area contributed by atoms with Gasteiger partial charge in [0.2, 0.25) is 5.91 Å². The zero-order chi connectivity index (χ0) is 27.4. The Bertz CT molecular complexity index is 1530. The average Bonchev–Trinajstić information content (AvgIpc) is 3.65. The van der Waals surface area contributed by atoms with E-state index in [0.717, 1.165) is 5.69 Å². The number of carbonyl (C=O) groups excluding carboxylic acids is 3. The van der Waals surface area contributed by atoms with E-state index in [1.54, 1.807) is 48.5 Å². The van der Waals surface area contributed by atoms with Crippen LogP contribution >= 0.6 is 11.6 Å². The van der Waals surface area contributed by atoms with Crippen LogP contribution in [-0.2, 0) is 20.7 Å². The number of benzene rings is 2. The molecule has 2 aromatic carbocycles. The van der Waals surface area contributed by atoms with Crippen molar-refractivity contribution in [1.29, 1.82) is 0 Å². The summed E-state index contributed by atoms with van der Waals surface area (Å²) in [5.74, 6) is -0.802. The van der Waals surface area contributed by atoms with E-state index in [0.29, 0.717) is 39.8 Å². The number of imidazole rings is 1. The fraction of sp³-hybridized carbons (Fsp3) is 0.160. The predicted octanol–water partition coefficient (Wildman–Crippen LogP) is 3.00. The number of anilines is 2. The molecule has 198 valence electrons. The van der Waals surface area contributed by atoms with Gasteiger partial charge in [0.1, 0.15) is 6.33 Å². The number of methoxy groups -OCH3 is 1. The van der Waals surface area contributed by atoms with Crippen molar-refractivity contribution in [3.63, 3.8) is 0 Å². The van der Waals surface area contributed by atoms with Gasteiger partial charge < -0.3 is 19.9 Å². The maximum absolute atomic E-state index is 13.5. The molecule has 1 atom stereocenters. The van der Waals surface area contributed by atoms with Crippen molar-refractivity contribution in [2.75, 3.05) is 24.3 Å². The van der Waals surface area contributed by atoms with Crippen LogP contribution in [0, 0.1) is 0 Å². The molecule has 0 aliphatic carbocycles. The molecule has 13 nitrogen and oxygen atoms in total. The summed E-state index contributed by atoms with van der Waals surface area (Å²) < 4.78 is 6.04. The molecule has 1 unspecified atom stereocenters. The van der Waals surface area contributed by atoms with Crippen molar-refractivity contribution in [1.82, 2.24) is 35.1 Å². The number of ether oxygens (including phenoxy) is 1. The third-order valence-corrected chi connectivity index (χ3v) is 6.27. The van der Waals surface area contributed by atoms with Gasteiger partial charge in [-0.2, -0.15) is 4.68 Å². The molecule has 0 saturated carbocycles. The van der Waals surface area contributed by atoms with Crippen molar-refractivity contribution in [3.8, 4) is 5.69 Å². The summed E-state index contributed by atoms with van der Waals surface area (Å²) in [6.45, 7) is 0.288. The fourth-order valence-corrected chi connectivity index (χ4v) is 4.38. The van der Waals surface area contributed by atoms with Crippen LogP contribution in [-0.4, -0.2) is 66.6 Å². The van der Waals surface area contributed by atoms with Crippen LogP contribution in [0.1, 0.15) is 23.0 Å². The van der Waals surface area contributed by atoms with Gasteiger partial charge in [0.05, 0.1) is 30.5 Å². The molecule has 1 aliphatic heterocycles. The summed E-state index contributed by atoms with van der Waals surface area (Å²) in [7, 11) is 1.27. The third kappa shape index (κ3) is 5.62. The number of fused-ring (bicyclic) bond motifs is 1. The summed E-state index contributed by atoms with van der Waals surface area (Å²) in [5, 5.41) is 17.1. The first kappa shape index (κ1) is 25.6. The number of nitrogens with one attached hydrogen (secondary N) is 3. The Kier molecular flexibility index (Phi) is 7.32. The van der Waals surface area contributed by atoms with Gasteiger partial charge in [-0.15, -0.1) is 5.10 Å². The van der Waals surface area contributed by atoms with Crippen LogP contribution in [0.25, 0.3) is 11.8 Å². The molecule has 0 bridgehead atoms. The molecule has 39 heavy (non-hydrogen) atoms. The average molecular weight is 548 g/mol. The molecule has 3 N–H and O–H groups in total. The van der Waals surface area contributed by atoms with Gasteiger partial charge in [0.15, 0.2) is 6.04 Å². The standard InChI is InChI=1S/C25H22ClN9O4/c1-39-25(38)31-18-6-4-17(5-7-18)30-24(37)23-22-19(27-13-28-22)10-11-34(23)21(36)9-2-15-12-16(26)3-8-20(15)35-14-29-32-33-35/h2-9,12-14,23H,10-11H2,1H3,(H,27,28)(H,30,37)(H,31,38). The van der Waals surface area contributed by atoms with Crippen molar-refractivity contribution in [2.24, 2.45) is 0 Å². The van der Waals surface area contributed by atoms with Crippen molar-refractivity contribution in [3.05, 3.63) is 83.2 Å². The third-order valence-electron chi connectivity index (χ3n) is 6.03. The van der Waals surface area contributed by atoms with Gasteiger partial charge in [0.25, 0.3) is 5.91 Å². The van der Waals surface area contributed by atoms with Crippen LogP contribution < -0.4 is 10.6 Å². The van der Waals surface area contributed by atoms with E-state index in [1.165, 1.54) is 35.4 Å². The molecule has 14 heteroatoms. The van der Waals surface area contributed by atoms with E-state index >= 15 is 0 Å². The molecule has 2 aromatic heterocycles. The highest BCUT2D eigenvalue weighted by Gasteiger charge is 2.37. The molecule has 0 saturated heterocycles. The maximum Gasteiger partial charge on any atom is 0.411 e. The highest BCUT2D eigenvalue weighted by atomic mass is 35.5. The maximum atomic E-state index is 13.5. The van der Waals surface area contributed by atoms with Crippen LogP contribution in [0.2, 0.25) is 5.02 Å². The van der Waals surface area contributed by atoms with Gasteiger partial charge in [-0.1, -0.05) is 11.6 Å². The number of rotatable bonds is 6. The minimum Gasteiger partial charge on any atom is -0.453 e. The highest BCUT2D eigenvalue weighted by molar-refractivity contribution is 6.30. The molecule has 3 amide bonds. The van der Waals surface area contributed by atoms with E-state index in [1.807, 2.05) is 0 Å². The summed E-state index contributed by atoms with van der Waals surface area (Å²) in [5.41, 5.74) is 3.48. The van der Waals surface area contributed by atoms with E-state index in [2.05, 4.69) is 40.9 Å². The zero-order valence-corrected chi connectivity index (χ0v) is 21.3. The predicted molar refractivity (Wildman–Crippen MR) is 141 cm³/mol. The number of halogens is 1. The van der Waals surface area contributed by atoms with Crippen molar-refractivity contribution in [2.45, 2.75) is 12.5 Å². The number of amides is 3. The molecule has 0 spiro atoms. The lowest BCUT2D eigenvalue weighted by atomic mass is 10.0. The molecule has 5 rings (SSSR count). The number of hydrogen-bond acceptors (Lipinski definition) is 8. The van der Waals surface area contributed by atoms with Crippen LogP contribution in [0.3, 0.4) is 0 Å². The Morgan fingerprint density at radius 1 is 1.13 bits per heavy atom. The van der Waals surface area contributed by atoms with Gasteiger partial charge in [0, 0.05) is 41.0 Å². The molecular weight excluding hydrogens is 526 g/mol. The fourth-order valence-electron chi connectivity index (χ4n) is 4.20. The van der Waals surface area contributed by atoms with Gasteiger partial charge in [-0.05, 0) is 59.0 Å². The lowest BCUT2D eigenvalue weighted by Gasteiger charge is -2.33. The topological polar surface area (TPSA) is 160 Å². The first-order valence-electron chi connectivity index (χ1n) is 11.7. The first-order valence-corrected chi connectivity index (χ1v) is 12.1. The summed E-state index contributed by atoms with van der Waals surface area (Å²) in [4.78, 5) is 47.1. The first-order chi connectivity index (χ1) is 18.9. The summed E-state index contributed by atoms with van der Waals surface area (Å²) in [6.07, 6.45) is 5.82. The Hall–Kier alpha value is -5.04. The minimum absolute atomic E-state index is 0.288. The van der Waals surface area contributed by atoms with Crippen LogP contribution in [0.4, 0.5) is 16.2 Å². The zero-order valence-electron chi connectivity index (χ0n) is 20.5. The van der Waals surface area contributed by atoms with Crippen molar-refractivity contribution >= 4 is 47.0 Å². The number of aromatic nitrogens is 6. The number of tetrazole rings is 1. The number of carbonyl (C=O) groups is 3. The highest BCUT2D eigenvalue weighted by Crippen LogP contribution is 2.30. The van der Waals surface area contributed by atoms with E-state index in [9.17, 15) is 14.4 Å². The Morgan fingerprint density at radius 2 is 1.90 bits per heavy atom. The van der Waals surface area contributed by atoms with Crippen molar-refractivity contribution < 1.29 is 19.1 Å². The van der Waals surface area contributed by atoms with E-state index in [4.69, 9.17) is 11.6 Å². The van der Waals surface area contributed by atoms with E-state index in [-0.39, 0.29) is 12.5 Å². The number of hydrogen-bond donors (Lipinski definition) is 3. The van der Waals surface area contributed by atoms with Gasteiger partial charge in [-0.3, -0.25) is 14.9 Å². The second kappa shape index (κ2) is 11.1. The molecule has 4 aromatic rings. The summed E-state index contributed by atoms with van der Waals surface area (Å²) in [6, 6.07) is 10.7.